The van der Waals surface area contributed by atoms with Crippen LogP contribution in [0, 0.1) is 10.1 Å². The van der Waals surface area contributed by atoms with E-state index in [1.165, 1.54) is 56.6 Å². The Morgan fingerprint density at radius 3 is 2.50 bits per heavy atom. The second kappa shape index (κ2) is 8.44. The average Bonchev–Trinajstić information content (AvgIpc) is 3.21. The van der Waals surface area contributed by atoms with E-state index in [-0.39, 0.29) is 16.1 Å². The third-order valence-corrected chi connectivity index (χ3v) is 6.10. The lowest BCUT2D eigenvalue weighted by molar-refractivity contribution is -0.384. The number of para-hydroxylation sites is 1. The van der Waals surface area contributed by atoms with Gasteiger partial charge in [-0.2, -0.15) is 0 Å². The van der Waals surface area contributed by atoms with Gasteiger partial charge in [0.15, 0.2) is 5.78 Å². The first kappa shape index (κ1) is 21.2. The molecule has 0 fully saturated rings. The zero-order valence-electron chi connectivity index (χ0n) is 16.2. The number of benzene rings is 2. The number of nitro groups is 1. The molecule has 0 spiro atoms. The lowest BCUT2D eigenvalue weighted by atomic mass is 10.1. The predicted molar refractivity (Wildman–Crippen MR) is 111 cm³/mol. The number of carbonyl (C=O) groups is 1. The first-order chi connectivity index (χ1) is 14.2. The molecule has 0 aliphatic carbocycles. The summed E-state index contributed by atoms with van der Waals surface area (Å²) >= 11 is 0. The van der Waals surface area contributed by atoms with E-state index < -0.39 is 20.7 Å². The molecule has 30 heavy (non-hydrogen) atoms. The quantitative estimate of drug-likeness (QED) is 0.244. The summed E-state index contributed by atoms with van der Waals surface area (Å²) in [5.41, 5.74) is 0.451. The van der Waals surface area contributed by atoms with E-state index in [2.05, 4.69) is 0 Å². The fourth-order valence-electron chi connectivity index (χ4n) is 2.70. The summed E-state index contributed by atoms with van der Waals surface area (Å²) in [5.74, 6) is 0.219. The lowest BCUT2D eigenvalue weighted by Gasteiger charge is -2.11. The minimum Gasteiger partial charge on any atom is -0.456 e. The molecule has 1 heterocycles. The predicted octanol–water partition coefficient (Wildman–Crippen LogP) is 4.00. The van der Waals surface area contributed by atoms with Gasteiger partial charge < -0.3 is 4.42 Å². The average molecular weight is 426 g/mol. The highest BCUT2D eigenvalue weighted by Gasteiger charge is 2.19. The number of nitro benzene ring substituents is 1. The monoisotopic (exact) mass is 426 g/mol. The minimum atomic E-state index is -3.65. The van der Waals surface area contributed by atoms with Gasteiger partial charge in [-0.3, -0.25) is 14.9 Å². The maximum absolute atomic E-state index is 12.5. The van der Waals surface area contributed by atoms with Gasteiger partial charge in [0.25, 0.3) is 5.69 Å². The summed E-state index contributed by atoms with van der Waals surface area (Å²) in [7, 11) is -0.831. The minimum absolute atomic E-state index is 0.0171. The van der Waals surface area contributed by atoms with Crippen molar-refractivity contribution in [3.63, 3.8) is 0 Å². The Kier molecular flexibility index (Phi) is 5.95. The Hall–Kier alpha value is -3.56. The first-order valence-electron chi connectivity index (χ1n) is 8.79. The van der Waals surface area contributed by atoms with Crippen LogP contribution in [0.3, 0.4) is 0 Å². The number of sulfonamides is 1. The molecular formula is C21H18N2O6S. The van der Waals surface area contributed by atoms with Gasteiger partial charge in [-0.05, 0) is 42.5 Å². The number of rotatable bonds is 7. The van der Waals surface area contributed by atoms with E-state index in [1.807, 2.05) is 0 Å². The zero-order chi connectivity index (χ0) is 21.9. The van der Waals surface area contributed by atoms with Gasteiger partial charge in [-0.25, -0.2) is 12.7 Å². The standard InChI is InChI=1S/C21H18N2O6S/c1-22(2)30(27,28)17-7-5-6-15(14-17)20(24)12-10-16-11-13-21(29-16)18-8-3-4-9-19(18)23(25)26/h3-14H,1-2H3/b12-10+. The smallest absolute Gasteiger partial charge is 0.280 e. The maximum atomic E-state index is 12.5. The summed E-state index contributed by atoms with van der Waals surface area (Å²) in [5, 5.41) is 11.2. The molecule has 0 saturated carbocycles. The van der Waals surface area contributed by atoms with Crippen molar-refractivity contribution in [1.82, 2.24) is 4.31 Å². The highest BCUT2D eigenvalue weighted by molar-refractivity contribution is 7.89. The van der Waals surface area contributed by atoms with Crippen LogP contribution >= 0.6 is 0 Å². The van der Waals surface area contributed by atoms with E-state index in [0.717, 1.165) is 4.31 Å². The summed E-state index contributed by atoms with van der Waals surface area (Å²) in [6, 6.07) is 15.1. The zero-order valence-corrected chi connectivity index (χ0v) is 17.0. The van der Waals surface area contributed by atoms with Gasteiger partial charge in [0.2, 0.25) is 10.0 Å². The summed E-state index contributed by atoms with van der Waals surface area (Å²) in [6.07, 6.45) is 2.68. The Bertz CT molecular complexity index is 1240. The van der Waals surface area contributed by atoms with Crippen molar-refractivity contribution in [2.75, 3.05) is 14.1 Å². The molecule has 0 saturated heterocycles. The highest BCUT2D eigenvalue weighted by Crippen LogP contribution is 2.31. The molecule has 2 aromatic carbocycles. The highest BCUT2D eigenvalue weighted by atomic mass is 32.2. The fraction of sp³-hybridized carbons (Fsp3) is 0.0952. The Labute approximate surface area is 173 Å². The van der Waals surface area contributed by atoms with Crippen LogP contribution in [0.5, 0.6) is 0 Å². The van der Waals surface area contributed by atoms with Crippen molar-refractivity contribution in [2.24, 2.45) is 0 Å². The van der Waals surface area contributed by atoms with Gasteiger partial charge in [-0.15, -0.1) is 0 Å². The van der Waals surface area contributed by atoms with Crippen LogP contribution in [-0.4, -0.2) is 37.5 Å². The van der Waals surface area contributed by atoms with Crippen LogP contribution in [-0.2, 0) is 10.0 Å². The van der Waals surface area contributed by atoms with Crippen molar-refractivity contribution >= 4 is 27.6 Å². The van der Waals surface area contributed by atoms with Crippen molar-refractivity contribution in [3.05, 3.63) is 88.2 Å². The fourth-order valence-corrected chi connectivity index (χ4v) is 3.65. The topological polar surface area (TPSA) is 111 Å². The molecule has 8 nitrogen and oxygen atoms in total. The van der Waals surface area contributed by atoms with E-state index in [1.54, 1.807) is 30.3 Å². The van der Waals surface area contributed by atoms with E-state index in [9.17, 15) is 23.3 Å². The Morgan fingerprint density at radius 1 is 1.07 bits per heavy atom. The van der Waals surface area contributed by atoms with Crippen LogP contribution in [0.15, 0.2) is 76.1 Å². The van der Waals surface area contributed by atoms with Gasteiger partial charge in [0, 0.05) is 25.7 Å². The molecule has 0 amide bonds. The number of hydrogen-bond acceptors (Lipinski definition) is 6. The molecule has 0 aliphatic heterocycles. The largest absolute Gasteiger partial charge is 0.456 e. The van der Waals surface area contributed by atoms with Crippen LogP contribution < -0.4 is 0 Å². The van der Waals surface area contributed by atoms with Crippen molar-refractivity contribution in [1.29, 1.82) is 0 Å². The second-order valence-electron chi connectivity index (χ2n) is 6.49. The molecule has 0 N–H and O–H groups in total. The number of hydrogen-bond donors (Lipinski definition) is 0. The van der Waals surface area contributed by atoms with Crippen LogP contribution in [0.4, 0.5) is 5.69 Å². The number of furan rings is 1. The molecule has 0 aliphatic rings. The molecular weight excluding hydrogens is 408 g/mol. The van der Waals surface area contributed by atoms with Gasteiger partial charge in [-0.1, -0.05) is 24.3 Å². The van der Waals surface area contributed by atoms with Crippen LogP contribution in [0.1, 0.15) is 16.1 Å². The number of carbonyl (C=O) groups excluding carboxylic acids is 1. The molecule has 1 aromatic heterocycles. The Morgan fingerprint density at radius 2 is 1.80 bits per heavy atom. The van der Waals surface area contributed by atoms with Gasteiger partial charge in [0.05, 0.1) is 15.4 Å². The van der Waals surface area contributed by atoms with Crippen molar-refractivity contribution in [3.8, 4) is 11.3 Å². The van der Waals surface area contributed by atoms with Crippen LogP contribution in [0.25, 0.3) is 17.4 Å². The van der Waals surface area contributed by atoms with Crippen LogP contribution in [0.2, 0.25) is 0 Å². The molecule has 3 aromatic rings. The summed E-state index contributed by atoms with van der Waals surface area (Å²) in [6.45, 7) is 0. The number of ketones is 1. The third-order valence-electron chi connectivity index (χ3n) is 4.29. The molecule has 3 rings (SSSR count). The normalized spacial score (nSPS) is 11.8. The number of allylic oxidation sites excluding steroid dienone is 1. The van der Waals surface area contributed by atoms with E-state index >= 15 is 0 Å². The molecule has 0 atom stereocenters. The van der Waals surface area contributed by atoms with Gasteiger partial charge >= 0.3 is 0 Å². The van der Waals surface area contributed by atoms with Crippen molar-refractivity contribution in [2.45, 2.75) is 4.90 Å². The molecule has 154 valence electrons. The van der Waals surface area contributed by atoms with E-state index in [4.69, 9.17) is 4.42 Å². The lowest BCUT2D eigenvalue weighted by Crippen LogP contribution is -2.22. The second-order valence-corrected chi connectivity index (χ2v) is 8.64. The Balaban J connectivity index is 1.83. The molecule has 0 unspecified atom stereocenters. The summed E-state index contributed by atoms with van der Waals surface area (Å²) < 4.78 is 31.1. The molecule has 0 radical (unpaired) electrons. The van der Waals surface area contributed by atoms with Gasteiger partial charge in [0.1, 0.15) is 11.5 Å². The number of nitrogens with zero attached hydrogens (tertiary/aromatic N) is 2. The van der Waals surface area contributed by atoms with E-state index in [0.29, 0.717) is 17.1 Å². The SMILES string of the molecule is CN(C)S(=O)(=O)c1cccc(C(=O)/C=C/c2ccc(-c3ccccc3[N+](=O)[O-])o2)c1. The first-order valence-corrected chi connectivity index (χ1v) is 10.2. The molecule has 9 heteroatoms. The third kappa shape index (κ3) is 4.37. The maximum Gasteiger partial charge on any atom is 0.280 e. The van der Waals surface area contributed by atoms with Crippen molar-refractivity contribution < 1.29 is 22.6 Å². The molecule has 0 bridgehead atoms. The summed E-state index contributed by atoms with van der Waals surface area (Å²) in [4.78, 5) is 23.2.